The highest BCUT2D eigenvalue weighted by molar-refractivity contribution is 8.00. The first-order valence-corrected chi connectivity index (χ1v) is 11.1. The fourth-order valence-electron chi connectivity index (χ4n) is 3.28. The van der Waals surface area contributed by atoms with Crippen molar-refractivity contribution in [2.75, 3.05) is 23.5 Å². The minimum atomic E-state index is -0.174. The van der Waals surface area contributed by atoms with Gasteiger partial charge >= 0.3 is 0 Å². The van der Waals surface area contributed by atoms with Crippen molar-refractivity contribution in [3.63, 3.8) is 0 Å². The molecule has 2 amide bonds. The fraction of sp³-hybridized carbons (Fsp3) is 0.0769. The van der Waals surface area contributed by atoms with Crippen molar-refractivity contribution in [2.45, 2.75) is 4.90 Å². The van der Waals surface area contributed by atoms with Crippen LogP contribution in [0.3, 0.4) is 0 Å². The van der Waals surface area contributed by atoms with Gasteiger partial charge in [-0.1, -0.05) is 48.5 Å². The van der Waals surface area contributed by atoms with Crippen molar-refractivity contribution in [1.82, 2.24) is 0 Å². The lowest BCUT2D eigenvalue weighted by Crippen LogP contribution is -2.14. The third-order valence-corrected chi connectivity index (χ3v) is 5.85. The Morgan fingerprint density at radius 2 is 1.59 bits per heavy atom. The number of thioether (sulfide) groups is 1. The van der Waals surface area contributed by atoms with E-state index >= 15 is 0 Å². The van der Waals surface area contributed by atoms with E-state index in [1.165, 1.54) is 11.8 Å². The van der Waals surface area contributed by atoms with E-state index in [0.29, 0.717) is 22.7 Å². The van der Waals surface area contributed by atoms with Gasteiger partial charge in [0.25, 0.3) is 5.91 Å². The molecule has 4 aromatic carbocycles. The van der Waals surface area contributed by atoms with E-state index in [-0.39, 0.29) is 17.6 Å². The average molecular weight is 443 g/mol. The van der Waals surface area contributed by atoms with Crippen LogP contribution in [0.4, 0.5) is 11.4 Å². The number of methoxy groups -OCH3 is 1. The van der Waals surface area contributed by atoms with E-state index in [2.05, 4.69) is 10.6 Å². The van der Waals surface area contributed by atoms with Gasteiger partial charge in [-0.3, -0.25) is 9.59 Å². The summed E-state index contributed by atoms with van der Waals surface area (Å²) in [5, 5.41) is 7.91. The van der Waals surface area contributed by atoms with E-state index in [1.54, 1.807) is 19.2 Å². The molecule has 160 valence electrons. The molecule has 0 saturated carbocycles. The van der Waals surface area contributed by atoms with Crippen LogP contribution in [-0.4, -0.2) is 24.7 Å². The quantitative estimate of drug-likeness (QED) is 0.353. The first-order valence-electron chi connectivity index (χ1n) is 10.1. The van der Waals surface area contributed by atoms with Gasteiger partial charge < -0.3 is 15.4 Å². The highest BCUT2D eigenvalue weighted by Crippen LogP contribution is 2.25. The number of nitrogens with one attached hydrogen (secondary N) is 2. The first kappa shape index (κ1) is 21.5. The molecule has 5 nitrogen and oxygen atoms in total. The summed E-state index contributed by atoms with van der Waals surface area (Å²) in [5.74, 6) is 0.543. The Morgan fingerprint density at radius 1 is 0.812 bits per heavy atom. The van der Waals surface area contributed by atoms with Crippen LogP contribution in [0.1, 0.15) is 10.4 Å². The maximum Gasteiger partial charge on any atom is 0.255 e. The summed E-state index contributed by atoms with van der Waals surface area (Å²) in [5.41, 5.74) is 1.91. The van der Waals surface area contributed by atoms with Crippen LogP contribution in [0, 0.1) is 0 Å². The molecule has 0 aliphatic heterocycles. The smallest absolute Gasteiger partial charge is 0.255 e. The molecule has 0 heterocycles. The number of benzene rings is 4. The molecule has 2 N–H and O–H groups in total. The van der Waals surface area contributed by atoms with Gasteiger partial charge in [0.1, 0.15) is 5.75 Å². The molecule has 0 saturated heterocycles. The summed E-state index contributed by atoms with van der Waals surface area (Å²) in [6.45, 7) is 0. The average Bonchev–Trinajstić information content (AvgIpc) is 2.83. The summed E-state index contributed by atoms with van der Waals surface area (Å²) in [6, 6.07) is 28.3. The second-order valence-corrected chi connectivity index (χ2v) is 8.13. The number of hydrogen-bond acceptors (Lipinski definition) is 4. The molecule has 0 fully saturated rings. The van der Waals surface area contributed by atoms with Crippen molar-refractivity contribution in [3.8, 4) is 5.75 Å². The normalized spacial score (nSPS) is 10.5. The standard InChI is InChI=1S/C26H22N2O3S/c1-31-24-12-5-4-11-23(24)28-25(29)17-32-22-10-6-9-21(16-22)27-26(30)20-14-13-18-7-2-3-8-19(18)15-20/h2-16H,17H2,1H3,(H,27,30)(H,28,29). The van der Waals surface area contributed by atoms with Gasteiger partial charge in [-0.05, 0) is 53.2 Å². The minimum Gasteiger partial charge on any atom is -0.495 e. The second kappa shape index (κ2) is 10.0. The molecule has 0 bridgehead atoms. The molecule has 4 aromatic rings. The summed E-state index contributed by atoms with van der Waals surface area (Å²) in [6.07, 6.45) is 0. The Kier molecular flexibility index (Phi) is 6.72. The Balaban J connectivity index is 1.37. The SMILES string of the molecule is COc1ccccc1NC(=O)CSc1cccc(NC(=O)c2ccc3ccccc3c2)c1. The maximum atomic E-state index is 12.7. The van der Waals surface area contributed by atoms with Gasteiger partial charge in [-0.25, -0.2) is 0 Å². The molecule has 0 atom stereocenters. The molecular formula is C26H22N2O3S. The molecular weight excluding hydrogens is 420 g/mol. The van der Waals surface area contributed by atoms with E-state index in [4.69, 9.17) is 4.74 Å². The van der Waals surface area contributed by atoms with E-state index in [0.717, 1.165) is 15.7 Å². The zero-order chi connectivity index (χ0) is 22.3. The molecule has 0 aromatic heterocycles. The molecule has 0 aliphatic rings. The van der Waals surface area contributed by atoms with Crippen molar-refractivity contribution >= 4 is 45.7 Å². The van der Waals surface area contributed by atoms with Crippen LogP contribution < -0.4 is 15.4 Å². The van der Waals surface area contributed by atoms with Gasteiger partial charge in [-0.2, -0.15) is 0 Å². The van der Waals surface area contributed by atoms with Crippen molar-refractivity contribution in [1.29, 1.82) is 0 Å². The zero-order valence-electron chi connectivity index (χ0n) is 17.5. The molecule has 0 aliphatic carbocycles. The second-order valence-electron chi connectivity index (χ2n) is 7.08. The highest BCUT2D eigenvalue weighted by atomic mass is 32.2. The number of fused-ring (bicyclic) bond motifs is 1. The maximum absolute atomic E-state index is 12.7. The lowest BCUT2D eigenvalue weighted by molar-refractivity contribution is -0.113. The van der Waals surface area contributed by atoms with E-state index in [1.807, 2.05) is 78.9 Å². The summed E-state index contributed by atoms with van der Waals surface area (Å²) >= 11 is 1.40. The number of carbonyl (C=O) groups is 2. The van der Waals surface area contributed by atoms with Gasteiger partial charge in [-0.15, -0.1) is 11.8 Å². The van der Waals surface area contributed by atoms with Crippen LogP contribution in [0.2, 0.25) is 0 Å². The monoisotopic (exact) mass is 442 g/mol. The largest absolute Gasteiger partial charge is 0.495 e. The number of para-hydroxylation sites is 2. The van der Waals surface area contributed by atoms with Gasteiger partial charge in [0.05, 0.1) is 18.6 Å². The number of ether oxygens (including phenoxy) is 1. The van der Waals surface area contributed by atoms with Gasteiger partial charge in [0.15, 0.2) is 0 Å². The predicted octanol–water partition coefficient (Wildman–Crippen LogP) is 5.83. The topological polar surface area (TPSA) is 67.4 Å². The van der Waals surface area contributed by atoms with Crippen LogP contribution in [0.25, 0.3) is 10.8 Å². The van der Waals surface area contributed by atoms with Crippen molar-refractivity contribution < 1.29 is 14.3 Å². The van der Waals surface area contributed by atoms with Crippen LogP contribution in [0.15, 0.2) is 95.9 Å². The third kappa shape index (κ3) is 5.28. The van der Waals surface area contributed by atoms with Crippen molar-refractivity contribution in [3.05, 3.63) is 96.6 Å². The lowest BCUT2D eigenvalue weighted by atomic mass is 10.1. The van der Waals surface area contributed by atoms with Crippen molar-refractivity contribution in [2.24, 2.45) is 0 Å². The highest BCUT2D eigenvalue weighted by Gasteiger charge is 2.10. The Hall–Kier alpha value is -3.77. The molecule has 0 radical (unpaired) electrons. The Morgan fingerprint density at radius 3 is 2.44 bits per heavy atom. The number of hydrogen-bond donors (Lipinski definition) is 2. The number of carbonyl (C=O) groups excluding carboxylic acids is 2. The molecule has 4 rings (SSSR count). The third-order valence-electron chi connectivity index (χ3n) is 4.85. The summed E-state index contributed by atoms with van der Waals surface area (Å²) in [4.78, 5) is 25.9. The number of anilines is 2. The van der Waals surface area contributed by atoms with Crippen LogP contribution in [0.5, 0.6) is 5.75 Å². The van der Waals surface area contributed by atoms with Crippen LogP contribution in [-0.2, 0) is 4.79 Å². The van der Waals surface area contributed by atoms with Gasteiger partial charge in [0.2, 0.25) is 5.91 Å². The molecule has 32 heavy (non-hydrogen) atoms. The fourth-order valence-corrected chi connectivity index (χ4v) is 4.04. The van der Waals surface area contributed by atoms with Crippen LogP contribution >= 0.6 is 11.8 Å². The predicted molar refractivity (Wildman–Crippen MR) is 131 cm³/mol. The van der Waals surface area contributed by atoms with E-state index < -0.39 is 0 Å². The lowest BCUT2D eigenvalue weighted by Gasteiger charge is -2.10. The molecule has 0 spiro atoms. The summed E-state index contributed by atoms with van der Waals surface area (Å²) < 4.78 is 5.26. The Bertz CT molecular complexity index is 1270. The summed E-state index contributed by atoms with van der Waals surface area (Å²) in [7, 11) is 1.57. The number of rotatable bonds is 7. The minimum absolute atomic E-state index is 0.134. The first-order chi connectivity index (χ1) is 15.6. The Labute approximate surface area is 190 Å². The van der Waals surface area contributed by atoms with E-state index in [9.17, 15) is 9.59 Å². The molecule has 6 heteroatoms. The molecule has 0 unspecified atom stereocenters. The van der Waals surface area contributed by atoms with Gasteiger partial charge in [0, 0.05) is 16.1 Å². The number of amides is 2. The zero-order valence-corrected chi connectivity index (χ0v) is 18.3.